The number of nitrogens with zero attached hydrogens (tertiary/aromatic N) is 4. The van der Waals surface area contributed by atoms with Gasteiger partial charge in [0.25, 0.3) is 0 Å². The smallest absolute Gasteiger partial charge is 0.331 e. The molecule has 10 heteroatoms. The first kappa shape index (κ1) is 22.0. The van der Waals surface area contributed by atoms with E-state index in [4.69, 9.17) is 0 Å². The van der Waals surface area contributed by atoms with Gasteiger partial charge < -0.3 is 9.88 Å². The maximum atomic E-state index is 14.0. The molecule has 2 aromatic carbocycles. The lowest BCUT2D eigenvalue weighted by Gasteiger charge is -2.10. The third-order valence-corrected chi connectivity index (χ3v) is 6.17. The van der Waals surface area contributed by atoms with Gasteiger partial charge in [0.1, 0.15) is 11.6 Å². The number of alkyl halides is 3. The van der Waals surface area contributed by atoms with Crippen LogP contribution in [0.2, 0.25) is 0 Å². The highest BCUT2D eigenvalue weighted by atomic mass is 32.1. The highest BCUT2D eigenvalue weighted by Crippen LogP contribution is 2.35. The lowest BCUT2D eigenvalue weighted by molar-refractivity contribution is -0.137. The molecule has 0 aliphatic carbocycles. The van der Waals surface area contributed by atoms with E-state index in [0.29, 0.717) is 22.2 Å². The van der Waals surface area contributed by atoms with Crippen LogP contribution in [0.15, 0.2) is 60.2 Å². The van der Waals surface area contributed by atoms with Crippen molar-refractivity contribution in [3.8, 4) is 22.6 Å². The number of aromatic nitrogens is 4. The second kappa shape index (κ2) is 8.21. The van der Waals surface area contributed by atoms with E-state index in [0.717, 1.165) is 34.6 Å². The summed E-state index contributed by atoms with van der Waals surface area (Å²) >= 11 is 1.44. The second-order valence-electron chi connectivity index (χ2n) is 7.78. The van der Waals surface area contributed by atoms with Crippen LogP contribution in [0.5, 0.6) is 0 Å². The van der Waals surface area contributed by atoms with Crippen molar-refractivity contribution in [3.05, 3.63) is 77.2 Å². The Morgan fingerprint density at radius 3 is 2.59 bits per heavy atom. The van der Waals surface area contributed by atoms with Crippen LogP contribution < -0.4 is 5.32 Å². The van der Waals surface area contributed by atoms with Crippen LogP contribution in [0.4, 0.5) is 28.4 Å². The number of pyridine rings is 1. The van der Waals surface area contributed by atoms with Crippen LogP contribution in [-0.2, 0) is 13.2 Å². The Hall–Kier alpha value is -3.79. The first-order valence-electron chi connectivity index (χ1n) is 10.2. The first-order valence-corrected chi connectivity index (χ1v) is 11.1. The average molecular weight is 483 g/mol. The number of nitrogens with one attached hydrogen (secondary N) is 1. The molecule has 1 N–H and O–H groups in total. The molecule has 0 saturated heterocycles. The van der Waals surface area contributed by atoms with Crippen LogP contribution in [0.25, 0.3) is 33.7 Å². The quantitative estimate of drug-likeness (QED) is 0.281. The largest absolute Gasteiger partial charge is 0.416 e. The first-order chi connectivity index (χ1) is 16.2. The molecule has 5 nitrogen and oxygen atoms in total. The molecule has 0 amide bonds. The van der Waals surface area contributed by atoms with Crippen molar-refractivity contribution in [2.75, 3.05) is 5.32 Å². The molecule has 0 spiro atoms. The molecule has 172 valence electrons. The van der Waals surface area contributed by atoms with Gasteiger partial charge in [-0.2, -0.15) is 13.2 Å². The summed E-state index contributed by atoms with van der Waals surface area (Å²) in [5.74, 6) is -0.728. The maximum absolute atomic E-state index is 14.0. The van der Waals surface area contributed by atoms with Crippen molar-refractivity contribution in [2.24, 2.45) is 7.05 Å². The molecule has 3 heterocycles. The Labute approximate surface area is 195 Å². The van der Waals surface area contributed by atoms with E-state index in [1.165, 1.54) is 11.3 Å². The molecular formula is C24H17F4N5S. The third-order valence-electron chi connectivity index (χ3n) is 5.41. The van der Waals surface area contributed by atoms with E-state index in [9.17, 15) is 17.6 Å². The molecule has 5 rings (SSSR count). The molecular weight excluding hydrogens is 466 g/mol. The molecule has 0 fully saturated rings. The summed E-state index contributed by atoms with van der Waals surface area (Å²) < 4.78 is 55.2. The average Bonchev–Trinajstić information content (AvgIpc) is 3.39. The molecule has 0 bridgehead atoms. The molecule has 5 aromatic rings. The molecule has 0 radical (unpaired) electrons. The summed E-state index contributed by atoms with van der Waals surface area (Å²) in [7, 11) is 1.69. The minimum absolute atomic E-state index is 0.0548. The lowest BCUT2D eigenvalue weighted by atomic mass is 10.1. The number of rotatable bonds is 4. The van der Waals surface area contributed by atoms with Gasteiger partial charge in [-0.15, -0.1) is 11.3 Å². The summed E-state index contributed by atoms with van der Waals surface area (Å²) in [5.41, 5.74) is 3.64. The second-order valence-corrected chi connectivity index (χ2v) is 8.64. The van der Waals surface area contributed by atoms with Gasteiger partial charge in [0.2, 0.25) is 0 Å². The zero-order valence-electron chi connectivity index (χ0n) is 18.0. The van der Waals surface area contributed by atoms with E-state index in [-0.39, 0.29) is 11.4 Å². The van der Waals surface area contributed by atoms with Crippen molar-refractivity contribution >= 4 is 33.2 Å². The molecule has 34 heavy (non-hydrogen) atoms. The van der Waals surface area contributed by atoms with Gasteiger partial charge in [-0.1, -0.05) is 0 Å². The number of benzene rings is 2. The van der Waals surface area contributed by atoms with Gasteiger partial charge in [-0.3, -0.25) is 4.98 Å². The molecule has 0 unspecified atom stereocenters. The van der Waals surface area contributed by atoms with Crippen LogP contribution >= 0.6 is 11.3 Å². The zero-order chi connectivity index (χ0) is 24.0. The summed E-state index contributed by atoms with van der Waals surface area (Å²) in [6.45, 7) is 1.91. The Kier molecular flexibility index (Phi) is 5.32. The highest BCUT2D eigenvalue weighted by Gasteiger charge is 2.32. The number of hydrogen-bond acceptors (Lipinski definition) is 5. The number of imidazole rings is 1. The number of hydrogen-bond donors (Lipinski definition) is 1. The van der Waals surface area contributed by atoms with Crippen LogP contribution in [-0.4, -0.2) is 19.5 Å². The fraction of sp³-hybridized carbons (Fsp3) is 0.125. The number of fused-ring (bicyclic) bond motifs is 1. The Bertz CT molecular complexity index is 1510. The van der Waals surface area contributed by atoms with E-state index >= 15 is 0 Å². The zero-order valence-corrected chi connectivity index (χ0v) is 18.8. The van der Waals surface area contributed by atoms with Gasteiger partial charge in [-0.05, 0) is 55.0 Å². The molecule has 3 aromatic heterocycles. The van der Waals surface area contributed by atoms with Gasteiger partial charge >= 0.3 is 6.18 Å². The van der Waals surface area contributed by atoms with Crippen LogP contribution in [0.1, 0.15) is 11.1 Å². The van der Waals surface area contributed by atoms with Crippen LogP contribution in [0, 0.1) is 12.7 Å². The predicted octanol–water partition coefficient (Wildman–Crippen LogP) is 6.97. The summed E-state index contributed by atoms with van der Waals surface area (Å²) in [5, 5.41) is 5.89. The molecule has 0 atom stereocenters. The Balaban J connectivity index is 1.51. The third kappa shape index (κ3) is 4.12. The van der Waals surface area contributed by atoms with Crippen molar-refractivity contribution < 1.29 is 17.6 Å². The fourth-order valence-electron chi connectivity index (χ4n) is 3.71. The number of aryl methyl sites for hydroxylation is 2. The van der Waals surface area contributed by atoms with E-state index in [1.807, 2.05) is 36.6 Å². The molecule has 0 aliphatic heterocycles. The Morgan fingerprint density at radius 1 is 1.03 bits per heavy atom. The minimum atomic E-state index is -4.66. The summed E-state index contributed by atoms with van der Waals surface area (Å²) in [4.78, 5) is 13.2. The lowest BCUT2D eigenvalue weighted by Crippen LogP contribution is -2.06. The van der Waals surface area contributed by atoms with Gasteiger partial charge in [0.05, 0.1) is 22.3 Å². The highest BCUT2D eigenvalue weighted by molar-refractivity contribution is 7.14. The maximum Gasteiger partial charge on any atom is 0.416 e. The standard InChI is InChI=1S/C24H17F4N5S/c1-13-6-21-19(10-18(13)31-23-32-20(12-34-23)14-4-3-5-29-11-14)30-22(33(21)2)15-7-16(24(26,27)28)9-17(25)8-15/h3-12H,1-2H3,(H,31,32). The van der Waals surface area contributed by atoms with Gasteiger partial charge in [0, 0.05) is 41.6 Å². The predicted molar refractivity (Wildman–Crippen MR) is 124 cm³/mol. The fourth-order valence-corrected chi connectivity index (χ4v) is 4.44. The number of halogens is 4. The van der Waals surface area contributed by atoms with Gasteiger partial charge in [-0.25, -0.2) is 14.4 Å². The summed E-state index contributed by atoms with van der Waals surface area (Å²) in [6, 6.07) is 9.90. The van der Waals surface area contributed by atoms with E-state index in [2.05, 4.69) is 20.3 Å². The summed E-state index contributed by atoms with van der Waals surface area (Å²) in [6.07, 6.45) is -1.22. The number of anilines is 2. The normalized spacial score (nSPS) is 11.8. The number of thiazole rings is 1. The van der Waals surface area contributed by atoms with E-state index < -0.39 is 17.6 Å². The molecule has 0 saturated carbocycles. The van der Waals surface area contributed by atoms with Crippen molar-refractivity contribution in [1.82, 2.24) is 19.5 Å². The Morgan fingerprint density at radius 2 is 1.85 bits per heavy atom. The van der Waals surface area contributed by atoms with Gasteiger partial charge in [0.15, 0.2) is 5.13 Å². The SMILES string of the molecule is Cc1cc2c(cc1Nc1nc(-c3cccnc3)cs1)nc(-c1cc(F)cc(C(F)(F)F)c1)n2C. The van der Waals surface area contributed by atoms with Crippen LogP contribution in [0.3, 0.4) is 0 Å². The minimum Gasteiger partial charge on any atom is -0.331 e. The molecule has 0 aliphatic rings. The topological polar surface area (TPSA) is 55.6 Å². The van der Waals surface area contributed by atoms with Crippen molar-refractivity contribution in [1.29, 1.82) is 0 Å². The van der Waals surface area contributed by atoms with E-state index in [1.54, 1.807) is 24.0 Å². The monoisotopic (exact) mass is 483 g/mol. The van der Waals surface area contributed by atoms with Crippen molar-refractivity contribution in [2.45, 2.75) is 13.1 Å². The van der Waals surface area contributed by atoms with Crippen molar-refractivity contribution in [3.63, 3.8) is 0 Å².